The zero-order chi connectivity index (χ0) is 22.8. The maximum absolute atomic E-state index is 6.69. The Balaban J connectivity index is 1.70. The largest absolute Gasteiger partial charge is 0.432 e. The Morgan fingerprint density at radius 2 is 1.56 bits per heavy atom. The molecule has 2 aliphatic heterocycles. The number of nitrogens with zero attached hydrogens (tertiary/aromatic N) is 2. The van der Waals surface area contributed by atoms with E-state index < -0.39 is 14.2 Å². The molecule has 32 heavy (non-hydrogen) atoms. The van der Waals surface area contributed by atoms with Crippen LogP contribution >= 0.6 is 0 Å². The minimum atomic E-state index is -2.60. The molecule has 0 saturated carbocycles. The molecule has 0 saturated heterocycles. The summed E-state index contributed by atoms with van der Waals surface area (Å²) in [5, 5.41) is 9.28. The van der Waals surface area contributed by atoms with Gasteiger partial charge in [0, 0.05) is 23.3 Å². The van der Waals surface area contributed by atoms with Gasteiger partial charge in [-0.15, -0.1) is 0 Å². The molecule has 0 aromatic heterocycles. The van der Waals surface area contributed by atoms with E-state index in [-0.39, 0.29) is 17.0 Å². The van der Waals surface area contributed by atoms with E-state index in [4.69, 9.17) is 18.9 Å². The molecule has 0 spiro atoms. The van der Waals surface area contributed by atoms with Crippen LogP contribution in [0.4, 0.5) is 0 Å². The standard InChI is InChI=1S/C26H34N2O3Si/c1-19(2)32(20(3)4)29-18-23-25(24(28-31-32)22-14-10-7-11-15-22)27-30-26(23,5)17-16-21-12-8-6-9-13-21/h6-15,19-20,23H,16-18H2,1-5H3/b28-24-/t23-,26-/m0/s1. The Bertz CT molecular complexity index is 967. The summed E-state index contributed by atoms with van der Waals surface area (Å²) < 4.78 is 13.0. The van der Waals surface area contributed by atoms with Gasteiger partial charge in [0.15, 0.2) is 0 Å². The first-order valence-corrected chi connectivity index (χ1v) is 13.6. The Morgan fingerprint density at radius 3 is 2.19 bits per heavy atom. The summed E-state index contributed by atoms with van der Waals surface area (Å²) in [6.45, 7) is 11.4. The molecule has 0 bridgehead atoms. The fourth-order valence-corrected chi connectivity index (χ4v) is 7.84. The molecule has 0 amide bonds. The van der Waals surface area contributed by atoms with Crippen LogP contribution in [0.3, 0.4) is 0 Å². The number of oxime groups is 2. The van der Waals surface area contributed by atoms with Gasteiger partial charge in [-0.25, -0.2) is 0 Å². The molecule has 0 fully saturated rings. The maximum Gasteiger partial charge on any atom is 0.432 e. The first-order chi connectivity index (χ1) is 15.4. The Labute approximate surface area is 192 Å². The Kier molecular flexibility index (Phi) is 6.54. The molecule has 2 heterocycles. The molecule has 4 rings (SSSR count). The lowest BCUT2D eigenvalue weighted by Gasteiger charge is -2.39. The number of rotatable bonds is 6. The van der Waals surface area contributed by atoms with E-state index in [2.05, 4.69) is 76.2 Å². The fraction of sp³-hybridized carbons (Fsp3) is 0.462. The first-order valence-electron chi connectivity index (χ1n) is 11.6. The van der Waals surface area contributed by atoms with Gasteiger partial charge >= 0.3 is 8.56 Å². The third-order valence-electron chi connectivity index (χ3n) is 6.83. The summed E-state index contributed by atoms with van der Waals surface area (Å²) >= 11 is 0. The summed E-state index contributed by atoms with van der Waals surface area (Å²) in [7, 11) is -2.60. The molecule has 2 aromatic rings. The molecule has 0 aliphatic carbocycles. The average molecular weight is 451 g/mol. The lowest BCUT2D eigenvalue weighted by atomic mass is 9.80. The molecular weight excluding hydrogens is 416 g/mol. The molecule has 0 unspecified atom stereocenters. The molecule has 170 valence electrons. The smallest absolute Gasteiger partial charge is 0.420 e. The van der Waals surface area contributed by atoms with Crippen LogP contribution in [0, 0.1) is 5.92 Å². The average Bonchev–Trinajstić information content (AvgIpc) is 3.09. The molecule has 2 atom stereocenters. The third-order valence-corrected chi connectivity index (χ3v) is 11.0. The van der Waals surface area contributed by atoms with Crippen molar-refractivity contribution in [3.8, 4) is 0 Å². The van der Waals surface area contributed by atoms with Crippen molar-refractivity contribution in [3.05, 3.63) is 71.8 Å². The van der Waals surface area contributed by atoms with Crippen LogP contribution in [-0.4, -0.2) is 32.2 Å². The highest BCUT2D eigenvalue weighted by Gasteiger charge is 2.54. The van der Waals surface area contributed by atoms with Crippen molar-refractivity contribution >= 4 is 20.0 Å². The highest BCUT2D eigenvalue weighted by atomic mass is 28.4. The van der Waals surface area contributed by atoms with Crippen LogP contribution in [0.25, 0.3) is 0 Å². The molecule has 0 N–H and O–H groups in total. The van der Waals surface area contributed by atoms with Gasteiger partial charge in [0.2, 0.25) is 0 Å². The highest BCUT2D eigenvalue weighted by molar-refractivity contribution is 6.70. The van der Waals surface area contributed by atoms with Crippen molar-refractivity contribution in [2.75, 3.05) is 6.61 Å². The van der Waals surface area contributed by atoms with Gasteiger partial charge in [-0.1, -0.05) is 98.7 Å². The molecule has 2 aromatic carbocycles. The monoisotopic (exact) mass is 450 g/mol. The zero-order valence-electron chi connectivity index (χ0n) is 19.7. The van der Waals surface area contributed by atoms with Gasteiger partial charge in [0.1, 0.15) is 17.0 Å². The third kappa shape index (κ3) is 4.26. The number of aryl methyl sites for hydroxylation is 1. The number of benzene rings is 2. The van der Waals surface area contributed by atoms with Gasteiger partial charge in [0.05, 0.1) is 5.92 Å². The second kappa shape index (κ2) is 9.20. The van der Waals surface area contributed by atoms with Crippen LogP contribution in [0.15, 0.2) is 71.0 Å². The van der Waals surface area contributed by atoms with Gasteiger partial charge in [-0.2, -0.15) is 0 Å². The van der Waals surface area contributed by atoms with E-state index in [1.165, 1.54) is 5.56 Å². The van der Waals surface area contributed by atoms with Crippen molar-refractivity contribution in [1.82, 2.24) is 0 Å². The van der Waals surface area contributed by atoms with Gasteiger partial charge in [0.25, 0.3) is 0 Å². The predicted molar refractivity (Wildman–Crippen MR) is 131 cm³/mol. The quantitative estimate of drug-likeness (QED) is 0.500. The van der Waals surface area contributed by atoms with Gasteiger partial charge in [-0.05, 0) is 25.3 Å². The minimum Gasteiger partial charge on any atom is -0.420 e. The number of hydrogen-bond donors (Lipinski definition) is 0. The normalized spacial score (nSPS) is 26.3. The molecule has 0 radical (unpaired) electrons. The molecule has 2 aliphatic rings. The van der Waals surface area contributed by atoms with E-state index in [0.29, 0.717) is 6.61 Å². The van der Waals surface area contributed by atoms with Crippen LogP contribution in [0.2, 0.25) is 11.1 Å². The topological polar surface area (TPSA) is 52.4 Å². The summed E-state index contributed by atoms with van der Waals surface area (Å²) in [4.78, 5) is 6.15. The van der Waals surface area contributed by atoms with E-state index >= 15 is 0 Å². The van der Waals surface area contributed by atoms with Crippen LogP contribution < -0.4 is 0 Å². The first kappa shape index (κ1) is 22.7. The predicted octanol–water partition coefficient (Wildman–Crippen LogP) is 6.09. The lowest BCUT2D eigenvalue weighted by Crippen LogP contribution is -2.52. The summed E-state index contributed by atoms with van der Waals surface area (Å²) in [6.07, 6.45) is 1.76. The zero-order valence-corrected chi connectivity index (χ0v) is 20.7. The fourth-order valence-electron chi connectivity index (χ4n) is 4.70. The SMILES string of the molecule is CC(C)[Si]1(C(C)C)OC[C@H]2C(=NO[C@@]2(C)CCc2ccccc2)/C(c2ccccc2)=N\O1. The second-order valence-corrected chi connectivity index (χ2v) is 13.9. The Hall–Kier alpha value is -2.44. The van der Waals surface area contributed by atoms with Crippen LogP contribution in [0.1, 0.15) is 52.2 Å². The van der Waals surface area contributed by atoms with Gasteiger partial charge in [-0.3, -0.25) is 0 Å². The lowest BCUT2D eigenvalue weighted by molar-refractivity contribution is -0.0480. The second-order valence-electron chi connectivity index (χ2n) is 9.66. The Morgan fingerprint density at radius 1 is 0.938 bits per heavy atom. The summed E-state index contributed by atoms with van der Waals surface area (Å²) in [5.41, 5.74) is 3.93. The van der Waals surface area contributed by atoms with E-state index in [1.807, 2.05) is 24.3 Å². The molecule has 5 nitrogen and oxygen atoms in total. The van der Waals surface area contributed by atoms with Crippen molar-refractivity contribution in [2.24, 2.45) is 16.2 Å². The maximum atomic E-state index is 6.69. The van der Waals surface area contributed by atoms with E-state index in [1.54, 1.807) is 0 Å². The van der Waals surface area contributed by atoms with Crippen molar-refractivity contribution in [1.29, 1.82) is 0 Å². The van der Waals surface area contributed by atoms with Crippen molar-refractivity contribution < 1.29 is 13.8 Å². The van der Waals surface area contributed by atoms with Crippen LogP contribution in [0.5, 0.6) is 0 Å². The van der Waals surface area contributed by atoms with Crippen molar-refractivity contribution in [2.45, 2.75) is 64.1 Å². The number of hydrogen-bond acceptors (Lipinski definition) is 5. The minimum absolute atomic E-state index is 0.0153. The van der Waals surface area contributed by atoms with Crippen LogP contribution in [-0.2, 0) is 20.2 Å². The van der Waals surface area contributed by atoms with E-state index in [9.17, 15) is 0 Å². The van der Waals surface area contributed by atoms with Gasteiger partial charge < -0.3 is 13.8 Å². The highest BCUT2D eigenvalue weighted by Crippen LogP contribution is 2.41. The molecular formula is C26H34N2O3Si. The summed E-state index contributed by atoms with van der Waals surface area (Å²) in [5.74, 6) is -0.0153. The number of fused-ring (bicyclic) bond motifs is 1. The molecule has 6 heteroatoms. The van der Waals surface area contributed by atoms with Crippen molar-refractivity contribution in [3.63, 3.8) is 0 Å². The van der Waals surface area contributed by atoms with E-state index in [0.717, 1.165) is 29.8 Å². The summed E-state index contributed by atoms with van der Waals surface area (Å²) in [6, 6.07) is 20.7.